The molecule has 4 aromatic rings. The van der Waals surface area contributed by atoms with Gasteiger partial charge in [-0.25, -0.2) is 4.98 Å². The molecular formula is C18H14ClN2S+. The Morgan fingerprint density at radius 2 is 1.86 bits per heavy atom. The molecule has 2 aromatic heterocycles. The monoisotopic (exact) mass is 325 g/mol. The van der Waals surface area contributed by atoms with Crippen LogP contribution in [0.15, 0.2) is 67.0 Å². The molecule has 0 fully saturated rings. The van der Waals surface area contributed by atoms with Crippen molar-refractivity contribution in [3.8, 4) is 11.3 Å². The topological polar surface area (TPSA) is 19.9 Å². The zero-order valence-corrected chi connectivity index (χ0v) is 13.4. The standard InChI is InChI=1S/C18H13ClN2S/c19-15-8-4-5-13(9-15)10-16-11-21-12-17(20-18(21)22-16)14-6-2-1-3-7-14/h1-9,11-12H,10H2/p+1. The van der Waals surface area contributed by atoms with E-state index in [1.165, 1.54) is 16.0 Å². The van der Waals surface area contributed by atoms with E-state index in [4.69, 9.17) is 11.6 Å². The van der Waals surface area contributed by atoms with Crippen molar-refractivity contribution in [2.75, 3.05) is 0 Å². The highest BCUT2D eigenvalue weighted by molar-refractivity contribution is 7.16. The number of hydrogen-bond acceptors (Lipinski definition) is 1. The summed E-state index contributed by atoms with van der Waals surface area (Å²) in [6.45, 7) is 0. The van der Waals surface area contributed by atoms with Crippen molar-refractivity contribution in [3.05, 3.63) is 82.5 Å². The van der Waals surface area contributed by atoms with Gasteiger partial charge in [-0.3, -0.25) is 0 Å². The van der Waals surface area contributed by atoms with Crippen LogP contribution in [-0.4, -0.2) is 4.98 Å². The van der Waals surface area contributed by atoms with E-state index in [1.807, 2.05) is 24.3 Å². The van der Waals surface area contributed by atoms with Crippen LogP contribution in [-0.2, 0) is 6.42 Å². The van der Waals surface area contributed by atoms with Crippen molar-refractivity contribution in [2.45, 2.75) is 6.42 Å². The van der Waals surface area contributed by atoms with E-state index in [0.29, 0.717) is 0 Å². The second-order valence-electron chi connectivity index (χ2n) is 5.25. The minimum absolute atomic E-state index is 0.790. The number of imidazole rings is 1. The summed E-state index contributed by atoms with van der Waals surface area (Å²) in [7, 11) is 0. The molecule has 108 valence electrons. The van der Waals surface area contributed by atoms with Crippen LogP contribution >= 0.6 is 22.9 Å². The maximum atomic E-state index is 6.05. The number of thiazole rings is 1. The molecule has 0 amide bonds. The molecule has 0 spiro atoms. The molecule has 0 aliphatic carbocycles. The highest BCUT2D eigenvalue weighted by Crippen LogP contribution is 2.22. The first-order valence-electron chi connectivity index (χ1n) is 7.10. The number of rotatable bonds is 3. The predicted octanol–water partition coefficient (Wildman–Crippen LogP) is 4.73. The summed E-state index contributed by atoms with van der Waals surface area (Å²) < 4.78 is 2.16. The van der Waals surface area contributed by atoms with Crippen molar-refractivity contribution in [3.63, 3.8) is 0 Å². The van der Waals surface area contributed by atoms with E-state index in [9.17, 15) is 0 Å². The van der Waals surface area contributed by atoms with Gasteiger partial charge in [0, 0.05) is 17.0 Å². The minimum Gasteiger partial charge on any atom is -0.227 e. The van der Waals surface area contributed by atoms with Crippen LogP contribution in [0.5, 0.6) is 0 Å². The fourth-order valence-corrected chi connectivity index (χ4v) is 3.82. The van der Waals surface area contributed by atoms with Gasteiger partial charge in [-0.2, -0.15) is 4.40 Å². The molecule has 2 aromatic carbocycles. The average Bonchev–Trinajstić information content (AvgIpc) is 3.06. The van der Waals surface area contributed by atoms with Gasteiger partial charge in [-0.15, -0.1) is 0 Å². The summed E-state index contributed by atoms with van der Waals surface area (Å²) in [6.07, 6.45) is 5.23. The third-order valence-electron chi connectivity index (χ3n) is 3.61. The normalized spacial score (nSPS) is 11.1. The SMILES string of the molecule is Clc1cccc(Cc2c[n+]3cc(-c4ccccc4)[nH]c3s2)c1. The second-order valence-corrected chi connectivity index (χ2v) is 6.80. The van der Waals surface area contributed by atoms with E-state index < -0.39 is 0 Å². The Morgan fingerprint density at radius 3 is 2.64 bits per heavy atom. The number of H-pyrrole nitrogens is 1. The third kappa shape index (κ3) is 2.65. The summed E-state index contributed by atoms with van der Waals surface area (Å²) in [6, 6.07) is 18.4. The number of halogens is 1. The molecule has 0 saturated carbocycles. The third-order valence-corrected chi connectivity index (χ3v) is 4.86. The van der Waals surface area contributed by atoms with Gasteiger partial charge in [0.1, 0.15) is 12.4 Å². The summed E-state index contributed by atoms with van der Waals surface area (Å²) in [4.78, 5) is 5.95. The Morgan fingerprint density at radius 1 is 1.00 bits per heavy atom. The van der Waals surface area contributed by atoms with Gasteiger partial charge in [0.25, 0.3) is 0 Å². The molecule has 22 heavy (non-hydrogen) atoms. The second kappa shape index (κ2) is 5.59. The molecule has 0 saturated heterocycles. The van der Waals surface area contributed by atoms with Crippen molar-refractivity contribution in [1.82, 2.24) is 4.98 Å². The lowest BCUT2D eigenvalue weighted by atomic mass is 10.1. The molecule has 0 aliphatic rings. The van der Waals surface area contributed by atoms with E-state index in [0.717, 1.165) is 22.1 Å². The molecule has 0 atom stereocenters. The van der Waals surface area contributed by atoms with Crippen LogP contribution in [0.3, 0.4) is 0 Å². The Balaban J connectivity index is 1.64. The van der Waals surface area contributed by atoms with Crippen LogP contribution in [0.1, 0.15) is 10.4 Å². The zero-order chi connectivity index (χ0) is 14.9. The quantitative estimate of drug-likeness (QED) is 0.526. The van der Waals surface area contributed by atoms with Crippen LogP contribution < -0.4 is 4.40 Å². The Hall–Kier alpha value is -2.10. The summed E-state index contributed by atoms with van der Waals surface area (Å²) >= 11 is 7.83. The fourth-order valence-electron chi connectivity index (χ4n) is 2.58. The molecule has 0 radical (unpaired) electrons. The number of nitrogens with zero attached hydrogens (tertiary/aromatic N) is 1. The fraction of sp³-hybridized carbons (Fsp3) is 0.0556. The molecule has 4 heteroatoms. The predicted molar refractivity (Wildman–Crippen MR) is 91.5 cm³/mol. The van der Waals surface area contributed by atoms with E-state index in [2.05, 4.69) is 52.1 Å². The first-order valence-corrected chi connectivity index (χ1v) is 8.30. The Bertz CT molecular complexity index is 893. The van der Waals surface area contributed by atoms with Gasteiger partial charge >= 0.3 is 4.96 Å². The van der Waals surface area contributed by atoms with Gasteiger partial charge < -0.3 is 0 Å². The van der Waals surface area contributed by atoms with Gasteiger partial charge in [-0.1, -0.05) is 65.4 Å². The van der Waals surface area contributed by atoms with E-state index in [-0.39, 0.29) is 0 Å². The first kappa shape index (κ1) is 13.6. The van der Waals surface area contributed by atoms with Gasteiger partial charge in [0.15, 0.2) is 5.69 Å². The van der Waals surface area contributed by atoms with E-state index >= 15 is 0 Å². The van der Waals surface area contributed by atoms with Crippen molar-refractivity contribution in [1.29, 1.82) is 0 Å². The lowest BCUT2D eigenvalue weighted by Crippen LogP contribution is -2.12. The number of benzene rings is 2. The molecule has 1 N–H and O–H groups in total. The summed E-state index contributed by atoms with van der Waals surface area (Å²) in [5.41, 5.74) is 3.58. The number of nitrogens with one attached hydrogen (secondary N) is 1. The minimum atomic E-state index is 0.790. The Kier molecular flexibility index (Phi) is 3.45. The van der Waals surface area contributed by atoms with E-state index in [1.54, 1.807) is 11.3 Å². The summed E-state index contributed by atoms with van der Waals surface area (Å²) in [5.74, 6) is 0. The zero-order valence-electron chi connectivity index (χ0n) is 11.8. The molecule has 0 bridgehead atoms. The maximum absolute atomic E-state index is 6.05. The van der Waals surface area contributed by atoms with Crippen molar-refractivity contribution in [2.24, 2.45) is 0 Å². The van der Waals surface area contributed by atoms with Crippen molar-refractivity contribution < 1.29 is 4.40 Å². The number of aromatic amines is 1. The van der Waals surface area contributed by atoms with Crippen LogP contribution in [0.2, 0.25) is 5.02 Å². The number of fused-ring (bicyclic) bond motifs is 1. The van der Waals surface area contributed by atoms with Gasteiger partial charge in [-0.05, 0) is 17.7 Å². The molecule has 4 rings (SSSR count). The Labute approximate surface area is 137 Å². The largest absolute Gasteiger partial charge is 0.344 e. The smallest absolute Gasteiger partial charge is 0.227 e. The summed E-state index contributed by atoms with van der Waals surface area (Å²) in [5, 5.41) is 0.790. The maximum Gasteiger partial charge on any atom is 0.344 e. The van der Waals surface area contributed by atoms with Crippen LogP contribution in [0.4, 0.5) is 0 Å². The van der Waals surface area contributed by atoms with Gasteiger partial charge in [0.05, 0.1) is 4.88 Å². The molecule has 2 nitrogen and oxygen atoms in total. The number of aromatic nitrogens is 2. The highest BCUT2D eigenvalue weighted by atomic mass is 35.5. The molecule has 0 aliphatic heterocycles. The van der Waals surface area contributed by atoms with Crippen LogP contribution in [0, 0.1) is 0 Å². The average molecular weight is 326 g/mol. The highest BCUT2D eigenvalue weighted by Gasteiger charge is 2.14. The first-order chi connectivity index (χ1) is 10.8. The lowest BCUT2D eigenvalue weighted by molar-refractivity contribution is -0.505. The van der Waals surface area contributed by atoms with Gasteiger partial charge in [0.2, 0.25) is 0 Å². The van der Waals surface area contributed by atoms with Crippen LogP contribution in [0.25, 0.3) is 16.2 Å². The molecule has 2 heterocycles. The molecular weight excluding hydrogens is 312 g/mol. The number of hydrogen-bond donors (Lipinski definition) is 1. The van der Waals surface area contributed by atoms with Crippen molar-refractivity contribution >= 4 is 27.9 Å². The molecule has 0 unspecified atom stereocenters. The lowest BCUT2D eigenvalue weighted by Gasteiger charge is -1.97.